The van der Waals surface area contributed by atoms with Gasteiger partial charge in [-0.3, -0.25) is 9.79 Å². The number of nitrogens with one attached hydrogen (secondary N) is 2. The largest absolute Gasteiger partial charge is 0.357 e. The van der Waals surface area contributed by atoms with Gasteiger partial charge in [0.2, 0.25) is 5.91 Å². The van der Waals surface area contributed by atoms with Crippen LogP contribution in [0.25, 0.3) is 11.0 Å². The molecule has 1 atom stereocenters. The van der Waals surface area contributed by atoms with Crippen LogP contribution in [0.4, 0.5) is 0 Å². The molecule has 1 aliphatic carbocycles. The molecule has 1 aliphatic heterocycles. The van der Waals surface area contributed by atoms with Gasteiger partial charge in [0, 0.05) is 38.1 Å². The van der Waals surface area contributed by atoms with Crippen LogP contribution in [0.2, 0.25) is 0 Å². The Kier molecular flexibility index (Phi) is 6.55. The van der Waals surface area contributed by atoms with Gasteiger partial charge in [-0.1, -0.05) is 25.0 Å². The van der Waals surface area contributed by atoms with Gasteiger partial charge in [-0.25, -0.2) is 4.98 Å². The van der Waals surface area contributed by atoms with Crippen LogP contribution in [0.3, 0.4) is 0 Å². The maximum absolute atomic E-state index is 12.7. The van der Waals surface area contributed by atoms with Gasteiger partial charge in [-0.15, -0.1) is 0 Å². The number of amides is 1. The van der Waals surface area contributed by atoms with Crippen LogP contribution in [-0.4, -0.2) is 58.5 Å². The summed E-state index contributed by atoms with van der Waals surface area (Å²) in [4.78, 5) is 24.2. The van der Waals surface area contributed by atoms with E-state index in [1.54, 1.807) is 0 Å². The van der Waals surface area contributed by atoms with Crippen molar-refractivity contribution in [2.45, 2.75) is 58.5 Å². The molecule has 1 unspecified atom stereocenters. The second kappa shape index (κ2) is 9.49. The van der Waals surface area contributed by atoms with E-state index in [2.05, 4.69) is 38.1 Å². The maximum Gasteiger partial charge on any atom is 0.225 e. The molecule has 7 heteroatoms. The number of aliphatic imine (C=N–C) groups is 1. The summed E-state index contributed by atoms with van der Waals surface area (Å²) in [5.74, 6) is 2.47. The molecule has 1 saturated carbocycles. The first-order valence-corrected chi connectivity index (χ1v) is 11.4. The highest BCUT2D eigenvalue weighted by Gasteiger charge is 2.32. The molecule has 0 bridgehead atoms. The van der Waals surface area contributed by atoms with E-state index >= 15 is 0 Å². The lowest BCUT2D eigenvalue weighted by atomic mass is 10.1. The molecule has 2 N–H and O–H groups in total. The van der Waals surface area contributed by atoms with E-state index in [1.165, 1.54) is 12.8 Å². The Morgan fingerprint density at radius 3 is 2.83 bits per heavy atom. The highest BCUT2D eigenvalue weighted by Crippen LogP contribution is 2.27. The lowest BCUT2D eigenvalue weighted by Gasteiger charge is -2.21. The van der Waals surface area contributed by atoms with Gasteiger partial charge in [0.1, 0.15) is 5.82 Å². The summed E-state index contributed by atoms with van der Waals surface area (Å²) in [5, 5.41) is 6.90. The van der Waals surface area contributed by atoms with E-state index in [9.17, 15) is 4.79 Å². The molecular formula is C23H34N6O. The Bertz CT molecular complexity index is 898. The highest BCUT2D eigenvalue weighted by molar-refractivity contribution is 5.81. The first-order valence-electron chi connectivity index (χ1n) is 11.4. The van der Waals surface area contributed by atoms with E-state index in [0.717, 1.165) is 68.3 Å². The van der Waals surface area contributed by atoms with Crippen molar-refractivity contribution in [3.05, 3.63) is 30.1 Å². The molecule has 2 aromatic rings. The van der Waals surface area contributed by atoms with Crippen molar-refractivity contribution in [3.8, 4) is 0 Å². The maximum atomic E-state index is 12.7. The quantitative estimate of drug-likeness (QED) is 0.567. The van der Waals surface area contributed by atoms with Crippen LogP contribution < -0.4 is 10.6 Å². The van der Waals surface area contributed by atoms with Crippen LogP contribution in [0.1, 0.15) is 44.9 Å². The fourth-order valence-electron chi connectivity index (χ4n) is 4.76. The van der Waals surface area contributed by atoms with Gasteiger partial charge in [-0.05, 0) is 45.2 Å². The van der Waals surface area contributed by atoms with Crippen LogP contribution in [0.5, 0.6) is 0 Å². The minimum atomic E-state index is 0.263. The number of likely N-dealkylation sites (tertiary alicyclic amines) is 1. The fraction of sp³-hybridized carbons (Fsp3) is 0.609. The molecule has 0 radical (unpaired) electrons. The molecule has 1 aromatic carbocycles. The Balaban J connectivity index is 1.34. The van der Waals surface area contributed by atoms with Gasteiger partial charge in [-0.2, -0.15) is 0 Å². The zero-order chi connectivity index (χ0) is 20.9. The predicted molar refractivity (Wildman–Crippen MR) is 121 cm³/mol. The average Bonchev–Trinajstić information content (AvgIpc) is 3.48. The lowest BCUT2D eigenvalue weighted by Crippen LogP contribution is -2.45. The first-order chi connectivity index (χ1) is 14.7. The first kappa shape index (κ1) is 20.7. The zero-order valence-corrected chi connectivity index (χ0v) is 18.2. The van der Waals surface area contributed by atoms with E-state index in [4.69, 9.17) is 4.99 Å². The van der Waals surface area contributed by atoms with Crippen molar-refractivity contribution < 1.29 is 4.79 Å². The van der Waals surface area contributed by atoms with E-state index < -0.39 is 0 Å². The van der Waals surface area contributed by atoms with E-state index in [-0.39, 0.29) is 12.0 Å². The van der Waals surface area contributed by atoms with Crippen molar-refractivity contribution in [2.24, 2.45) is 10.9 Å². The number of hydrogen-bond donors (Lipinski definition) is 2. The Morgan fingerprint density at radius 2 is 2.03 bits per heavy atom. The topological polar surface area (TPSA) is 74.6 Å². The number of rotatable bonds is 6. The van der Waals surface area contributed by atoms with Gasteiger partial charge in [0.15, 0.2) is 5.96 Å². The van der Waals surface area contributed by atoms with Gasteiger partial charge >= 0.3 is 0 Å². The van der Waals surface area contributed by atoms with Gasteiger partial charge < -0.3 is 20.1 Å². The summed E-state index contributed by atoms with van der Waals surface area (Å²) in [7, 11) is 0. The molecule has 162 valence electrons. The fourth-order valence-corrected chi connectivity index (χ4v) is 4.76. The molecule has 1 amide bonds. The number of benzene rings is 1. The number of hydrogen-bond acceptors (Lipinski definition) is 3. The number of aromatic nitrogens is 2. The summed E-state index contributed by atoms with van der Waals surface area (Å²) in [6, 6.07) is 8.49. The summed E-state index contributed by atoms with van der Waals surface area (Å²) in [6.45, 7) is 8.04. The molecule has 1 saturated heterocycles. The van der Waals surface area contributed by atoms with Crippen LogP contribution in [0, 0.1) is 12.8 Å². The molecule has 0 spiro atoms. The standard InChI is InChI=1S/C23H34N6O/c1-3-24-23(25-13-15-29-17(2)26-20-10-6-7-11-21(20)29)27-19-12-14-28(16-19)22(30)18-8-4-5-9-18/h6-7,10-11,18-19H,3-5,8-9,12-16H2,1-2H3,(H2,24,25,27). The highest BCUT2D eigenvalue weighted by atomic mass is 16.2. The van der Waals surface area contributed by atoms with Crippen LogP contribution in [-0.2, 0) is 11.3 Å². The normalized spacial score (nSPS) is 20.3. The lowest BCUT2D eigenvalue weighted by molar-refractivity contribution is -0.134. The summed E-state index contributed by atoms with van der Waals surface area (Å²) >= 11 is 0. The van der Waals surface area contributed by atoms with Crippen molar-refractivity contribution >= 4 is 22.9 Å². The number of carbonyl (C=O) groups is 1. The van der Waals surface area contributed by atoms with Crippen molar-refractivity contribution in [1.82, 2.24) is 25.1 Å². The minimum absolute atomic E-state index is 0.263. The number of carbonyl (C=O) groups excluding carboxylic acids is 1. The number of guanidine groups is 1. The zero-order valence-electron chi connectivity index (χ0n) is 18.2. The SMILES string of the molecule is CCNC(=NCCn1c(C)nc2ccccc21)NC1CCN(C(=O)C2CCCC2)C1. The predicted octanol–water partition coefficient (Wildman–Crippen LogP) is 2.69. The smallest absolute Gasteiger partial charge is 0.225 e. The Morgan fingerprint density at radius 1 is 1.23 bits per heavy atom. The third-order valence-electron chi connectivity index (χ3n) is 6.33. The van der Waals surface area contributed by atoms with Crippen LogP contribution >= 0.6 is 0 Å². The van der Waals surface area contributed by atoms with Crippen molar-refractivity contribution in [3.63, 3.8) is 0 Å². The molecule has 2 heterocycles. The number of nitrogens with zero attached hydrogens (tertiary/aromatic N) is 4. The van der Waals surface area contributed by atoms with Crippen LogP contribution in [0.15, 0.2) is 29.3 Å². The molecule has 4 rings (SSSR count). The van der Waals surface area contributed by atoms with E-state index in [0.29, 0.717) is 12.5 Å². The number of para-hydroxylation sites is 2. The molecule has 1 aromatic heterocycles. The monoisotopic (exact) mass is 410 g/mol. The number of imidazole rings is 1. The second-order valence-corrected chi connectivity index (χ2v) is 8.46. The third-order valence-corrected chi connectivity index (χ3v) is 6.33. The Hall–Kier alpha value is -2.57. The third kappa shape index (κ3) is 4.60. The molecule has 30 heavy (non-hydrogen) atoms. The van der Waals surface area contributed by atoms with Gasteiger partial charge in [0.05, 0.1) is 17.6 Å². The molecule has 7 nitrogen and oxygen atoms in total. The Labute approximate surface area is 178 Å². The van der Waals surface area contributed by atoms with Crippen molar-refractivity contribution in [2.75, 3.05) is 26.2 Å². The average molecular weight is 411 g/mol. The summed E-state index contributed by atoms with van der Waals surface area (Å²) < 4.78 is 2.22. The second-order valence-electron chi connectivity index (χ2n) is 8.46. The van der Waals surface area contributed by atoms with Crippen molar-refractivity contribution in [1.29, 1.82) is 0 Å². The van der Waals surface area contributed by atoms with E-state index in [1.807, 2.05) is 25.1 Å². The number of fused-ring (bicyclic) bond motifs is 1. The molecular weight excluding hydrogens is 376 g/mol. The molecule has 2 fully saturated rings. The minimum Gasteiger partial charge on any atom is -0.357 e. The summed E-state index contributed by atoms with van der Waals surface area (Å²) in [6.07, 6.45) is 5.53. The molecule has 2 aliphatic rings. The summed E-state index contributed by atoms with van der Waals surface area (Å²) in [5.41, 5.74) is 2.18. The number of aryl methyl sites for hydroxylation is 1. The van der Waals surface area contributed by atoms with Gasteiger partial charge in [0.25, 0.3) is 0 Å².